The van der Waals surface area contributed by atoms with Crippen molar-refractivity contribution in [2.24, 2.45) is 5.92 Å². The molecule has 0 spiro atoms. The van der Waals surface area contributed by atoms with E-state index in [1.807, 2.05) is 13.8 Å². The van der Waals surface area contributed by atoms with Crippen LogP contribution in [0.4, 0.5) is 0 Å². The zero-order chi connectivity index (χ0) is 16.6. The molecule has 5 nitrogen and oxygen atoms in total. The van der Waals surface area contributed by atoms with Gasteiger partial charge in [-0.15, -0.1) is 0 Å². The first-order valence-electron chi connectivity index (χ1n) is 8.95. The summed E-state index contributed by atoms with van der Waals surface area (Å²) in [6, 6.07) is 0. The quantitative estimate of drug-likeness (QED) is 0.585. The molecule has 0 amide bonds. The van der Waals surface area contributed by atoms with E-state index in [2.05, 4.69) is 36.0 Å². The van der Waals surface area contributed by atoms with E-state index in [1.165, 1.54) is 13.1 Å². The van der Waals surface area contributed by atoms with Gasteiger partial charge < -0.3 is 19.7 Å². The van der Waals surface area contributed by atoms with Crippen molar-refractivity contribution in [1.29, 1.82) is 0 Å². The Morgan fingerprint density at radius 3 is 2.09 bits per heavy atom. The molecule has 1 saturated heterocycles. The van der Waals surface area contributed by atoms with Gasteiger partial charge in [-0.05, 0) is 19.5 Å². The number of piperazine rings is 1. The second-order valence-electron chi connectivity index (χ2n) is 5.97. The van der Waals surface area contributed by atoms with Crippen LogP contribution in [0.15, 0.2) is 0 Å². The lowest BCUT2D eigenvalue weighted by atomic mass is 10.2. The second-order valence-corrected chi connectivity index (χ2v) is 5.97. The van der Waals surface area contributed by atoms with Crippen molar-refractivity contribution in [3.63, 3.8) is 0 Å². The number of ether oxygens (including phenoxy) is 2. The first kappa shape index (κ1) is 21.8. The van der Waals surface area contributed by atoms with Gasteiger partial charge in [0.25, 0.3) is 0 Å². The van der Waals surface area contributed by atoms with E-state index in [0.717, 1.165) is 45.9 Å². The van der Waals surface area contributed by atoms with Crippen molar-refractivity contribution >= 4 is 0 Å². The van der Waals surface area contributed by atoms with Crippen molar-refractivity contribution in [1.82, 2.24) is 15.1 Å². The molecule has 22 heavy (non-hydrogen) atoms. The SMILES string of the molecule is CC.CC(C)CNCCOCCOCCN1CCN(C)CC1. The smallest absolute Gasteiger partial charge is 0.0701 e. The van der Waals surface area contributed by atoms with Crippen LogP contribution in [-0.2, 0) is 9.47 Å². The topological polar surface area (TPSA) is 37.0 Å². The van der Waals surface area contributed by atoms with Crippen LogP contribution in [0.1, 0.15) is 27.7 Å². The average molecular weight is 318 g/mol. The molecule has 0 aromatic heterocycles. The highest BCUT2D eigenvalue weighted by molar-refractivity contribution is 4.68. The summed E-state index contributed by atoms with van der Waals surface area (Å²) in [5, 5.41) is 3.36. The van der Waals surface area contributed by atoms with Gasteiger partial charge in [-0.2, -0.15) is 0 Å². The summed E-state index contributed by atoms with van der Waals surface area (Å²) >= 11 is 0. The number of likely N-dealkylation sites (N-methyl/N-ethyl adjacent to an activating group) is 1. The summed E-state index contributed by atoms with van der Waals surface area (Å²) in [6.07, 6.45) is 0. The van der Waals surface area contributed by atoms with Gasteiger partial charge in [0.05, 0.1) is 26.4 Å². The Morgan fingerprint density at radius 2 is 1.50 bits per heavy atom. The summed E-state index contributed by atoms with van der Waals surface area (Å²) in [4.78, 5) is 4.84. The van der Waals surface area contributed by atoms with E-state index in [-0.39, 0.29) is 0 Å². The van der Waals surface area contributed by atoms with Crippen LogP contribution in [0, 0.1) is 5.92 Å². The van der Waals surface area contributed by atoms with Crippen LogP contribution in [-0.4, -0.2) is 89.1 Å². The molecule has 1 rings (SSSR count). The average Bonchev–Trinajstić information content (AvgIpc) is 2.52. The monoisotopic (exact) mass is 317 g/mol. The first-order chi connectivity index (χ1) is 10.7. The Hall–Kier alpha value is -0.200. The highest BCUT2D eigenvalue weighted by atomic mass is 16.5. The molecule has 0 aromatic carbocycles. The van der Waals surface area contributed by atoms with Crippen LogP contribution in [0.3, 0.4) is 0 Å². The van der Waals surface area contributed by atoms with Gasteiger partial charge in [0, 0.05) is 39.3 Å². The molecule has 0 atom stereocenters. The van der Waals surface area contributed by atoms with E-state index < -0.39 is 0 Å². The first-order valence-corrected chi connectivity index (χ1v) is 8.95. The van der Waals surface area contributed by atoms with E-state index in [4.69, 9.17) is 9.47 Å². The molecule has 1 fully saturated rings. The second kappa shape index (κ2) is 15.7. The Bertz CT molecular complexity index is 220. The molecule has 1 N–H and O–H groups in total. The third-order valence-corrected chi connectivity index (χ3v) is 3.50. The molecular weight excluding hydrogens is 278 g/mol. The fraction of sp³-hybridized carbons (Fsp3) is 1.00. The lowest BCUT2D eigenvalue weighted by molar-refractivity contribution is 0.0339. The van der Waals surface area contributed by atoms with E-state index in [1.54, 1.807) is 0 Å². The molecule has 0 aliphatic carbocycles. The van der Waals surface area contributed by atoms with Gasteiger partial charge in [0.1, 0.15) is 0 Å². The predicted octanol–water partition coefficient (Wildman–Crippen LogP) is 1.54. The fourth-order valence-electron chi connectivity index (χ4n) is 2.12. The van der Waals surface area contributed by atoms with Gasteiger partial charge >= 0.3 is 0 Å². The highest BCUT2D eigenvalue weighted by Crippen LogP contribution is 1.98. The lowest BCUT2D eigenvalue weighted by Crippen LogP contribution is -2.45. The van der Waals surface area contributed by atoms with E-state index in [0.29, 0.717) is 19.1 Å². The van der Waals surface area contributed by atoms with Crippen LogP contribution >= 0.6 is 0 Å². The van der Waals surface area contributed by atoms with Gasteiger partial charge in [-0.3, -0.25) is 4.90 Å². The minimum atomic E-state index is 0.700. The molecule has 0 radical (unpaired) electrons. The Kier molecular flexibility index (Phi) is 15.5. The summed E-state index contributed by atoms with van der Waals surface area (Å²) in [5.41, 5.74) is 0. The van der Waals surface area contributed by atoms with E-state index >= 15 is 0 Å². The zero-order valence-electron chi connectivity index (χ0n) is 15.6. The van der Waals surface area contributed by atoms with Crippen LogP contribution in [0.2, 0.25) is 0 Å². The largest absolute Gasteiger partial charge is 0.378 e. The van der Waals surface area contributed by atoms with Crippen LogP contribution in [0.25, 0.3) is 0 Å². The van der Waals surface area contributed by atoms with Crippen LogP contribution < -0.4 is 5.32 Å². The molecule has 0 saturated carbocycles. The summed E-state index contributed by atoms with van der Waals surface area (Å²) in [7, 11) is 2.18. The number of hydrogen-bond donors (Lipinski definition) is 1. The Labute approximate surface area is 138 Å². The van der Waals surface area contributed by atoms with Crippen molar-refractivity contribution in [3.8, 4) is 0 Å². The third-order valence-electron chi connectivity index (χ3n) is 3.50. The van der Waals surface area contributed by atoms with Crippen molar-refractivity contribution in [3.05, 3.63) is 0 Å². The van der Waals surface area contributed by atoms with Crippen molar-refractivity contribution in [2.45, 2.75) is 27.7 Å². The van der Waals surface area contributed by atoms with Gasteiger partial charge in [0.15, 0.2) is 0 Å². The summed E-state index contributed by atoms with van der Waals surface area (Å²) < 4.78 is 11.1. The molecule has 1 aliphatic rings. The fourth-order valence-corrected chi connectivity index (χ4v) is 2.12. The number of hydrogen-bond acceptors (Lipinski definition) is 5. The maximum Gasteiger partial charge on any atom is 0.0701 e. The maximum atomic E-state index is 5.61. The molecule has 0 bridgehead atoms. The maximum absolute atomic E-state index is 5.61. The minimum Gasteiger partial charge on any atom is -0.378 e. The molecular formula is C17H39N3O2. The summed E-state index contributed by atoms with van der Waals surface area (Å²) in [5.74, 6) is 0.702. The predicted molar refractivity (Wildman–Crippen MR) is 94.6 cm³/mol. The molecule has 1 heterocycles. The number of nitrogens with zero attached hydrogens (tertiary/aromatic N) is 2. The zero-order valence-corrected chi connectivity index (χ0v) is 15.6. The lowest BCUT2D eigenvalue weighted by Gasteiger charge is -2.32. The Morgan fingerprint density at radius 1 is 0.909 bits per heavy atom. The molecule has 0 unspecified atom stereocenters. The summed E-state index contributed by atoms with van der Waals surface area (Å²) in [6.45, 7) is 19.1. The molecule has 134 valence electrons. The molecule has 5 heteroatoms. The minimum absolute atomic E-state index is 0.700. The third kappa shape index (κ3) is 13.5. The van der Waals surface area contributed by atoms with Crippen LogP contribution in [0.5, 0.6) is 0 Å². The number of nitrogens with one attached hydrogen (secondary N) is 1. The standard InChI is InChI=1S/C15H33N3O2.C2H6/c1-15(2)14-16-4-10-19-12-13-20-11-9-18-7-5-17(3)6-8-18;1-2/h15-16H,4-14H2,1-3H3;1-2H3. The highest BCUT2D eigenvalue weighted by Gasteiger charge is 2.12. The Balaban J connectivity index is 0.00000211. The van der Waals surface area contributed by atoms with Gasteiger partial charge in [0.2, 0.25) is 0 Å². The van der Waals surface area contributed by atoms with Gasteiger partial charge in [-0.1, -0.05) is 27.7 Å². The van der Waals surface area contributed by atoms with Gasteiger partial charge in [-0.25, -0.2) is 0 Å². The van der Waals surface area contributed by atoms with E-state index in [9.17, 15) is 0 Å². The molecule has 0 aromatic rings. The number of rotatable bonds is 11. The normalized spacial score (nSPS) is 16.6. The molecule has 1 aliphatic heterocycles. The van der Waals surface area contributed by atoms with Crippen molar-refractivity contribution < 1.29 is 9.47 Å². The van der Waals surface area contributed by atoms with Crippen molar-refractivity contribution in [2.75, 3.05) is 79.3 Å².